The fourth-order valence-corrected chi connectivity index (χ4v) is 3.58. The summed E-state index contributed by atoms with van der Waals surface area (Å²) < 4.78 is 0. The van der Waals surface area contributed by atoms with E-state index in [0.717, 1.165) is 35.6 Å². The van der Waals surface area contributed by atoms with Crippen LogP contribution in [0.15, 0.2) is 30.9 Å². The number of amides is 1. The van der Waals surface area contributed by atoms with E-state index in [0.29, 0.717) is 5.92 Å². The van der Waals surface area contributed by atoms with Gasteiger partial charge in [0.15, 0.2) is 0 Å². The number of hydrogen-bond acceptors (Lipinski definition) is 1. The maximum absolute atomic E-state index is 12.2. The molecular formula is C18H21ClN2O. The average Bonchev–Trinajstić information content (AvgIpc) is 2.85. The van der Waals surface area contributed by atoms with Gasteiger partial charge in [-0.15, -0.1) is 0 Å². The second-order valence-electron chi connectivity index (χ2n) is 6.34. The van der Waals surface area contributed by atoms with Gasteiger partial charge in [0.05, 0.1) is 6.04 Å². The number of carbonyl (C=O) groups excluding carboxylic acids is 1. The van der Waals surface area contributed by atoms with E-state index in [4.69, 9.17) is 11.6 Å². The van der Waals surface area contributed by atoms with E-state index in [1.807, 2.05) is 23.1 Å². The van der Waals surface area contributed by atoms with Gasteiger partial charge in [0.25, 0.3) is 0 Å². The molecule has 2 aromatic rings. The van der Waals surface area contributed by atoms with E-state index >= 15 is 0 Å². The van der Waals surface area contributed by atoms with E-state index < -0.39 is 0 Å². The lowest BCUT2D eigenvalue weighted by atomic mass is 9.91. The van der Waals surface area contributed by atoms with Crippen LogP contribution in [0.4, 0.5) is 0 Å². The van der Waals surface area contributed by atoms with Crippen molar-refractivity contribution in [1.29, 1.82) is 0 Å². The van der Waals surface area contributed by atoms with Crippen LogP contribution in [0.1, 0.15) is 37.6 Å². The standard InChI is InChI=1S/C18H21ClN2O/c1-4-17(22)21-8-7-13-14-10-12(19)5-6-15(14)20-18(13)16(21)9-11(2)3/h4-6,10-11,16,20H,1,7-9H2,2-3H3. The van der Waals surface area contributed by atoms with Crippen molar-refractivity contribution < 1.29 is 4.79 Å². The van der Waals surface area contributed by atoms with Crippen LogP contribution in [-0.2, 0) is 11.2 Å². The Kier molecular flexibility index (Phi) is 4.00. The molecule has 1 aromatic heterocycles. The predicted molar refractivity (Wildman–Crippen MR) is 91.1 cm³/mol. The third kappa shape index (κ3) is 2.54. The molecule has 3 nitrogen and oxygen atoms in total. The first-order valence-electron chi connectivity index (χ1n) is 7.74. The molecule has 0 bridgehead atoms. The third-order valence-electron chi connectivity index (χ3n) is 4.37. The number of carbonyl (C=O) groups is 1. The van der Waals surface area contributed by atoms with E-state index in [-0.39, 0.29) is 11.9 Å². The lowest BCUT2D eigenvalue weighted by Crippen LogP contribution is -2.39. The molecular weight excluding hydrogens is 296 g/mol. The van der Waals surface area contributed by atoms with E-state index in [1.165, 1.54) is 17.0 Å². The van der Waals surface area contributed by atoms with Crippen LogP contribution < -0.4 is 0 Å². The first-order valence-corrected chi connectivity index (χ1v) is 8.12. The SMILES string of the molecule is C=CC(=O)N1CCc2c([nH]c3ccc(Cl)cc23)C1CC(C)C. The summed E-state index contributed by atoms with van der Waals surface area (Å²) in [7, 11) is 0. The molecule has 1 amide bonds. The Bertz CT molecular complexity index is 732. The monoisotopic (exact) mass is 316 g/mol. The van der Waals surface area contributed by atoms with Gasteiger partial charge in [-0.05, 0) is 48.6 Å². The Morgan fingerprint density at radius 3 is 3.00 bits per heavy atom. The number of rotatable bonds is 3. The van der Waals surface area contributed by atoms with Crippen molar-refractivity contribution in [2.24, 2.45) is 5.92 Å². The van der Waals surface area contributed by atoms with E-state index in [2.05, 4.69) is 25.4 Å². The van der Waals surface area contributed by atoms with Crippen LogP contribution in [0.25, 0.3) is 10.9 Å². The molecule has 3 rings (SSSR count). The fraction of sp³-hybridized carbons (Fsp3) is 0.389. The first kappa shape index (κ1) is 15.2. The minimum atomic E-state index is 0.00740. The molecule has 116 valence electrons. The zero-order valence-corrected chi connectivity index (χ0v) is 13.8. The van der Waals surface area contributed by atoms with Crippen molar-refractivity contribution in [2.75, 3.05) is 6.54 Å². The van der Waals surface area contributed by atoms with Gasteiger partial charge in [-0.3, -0.25) is 4.79 Å². The van der Waals surface area contributed by atoms with Crippen molar-refractivity contribution in [1.82, 2.24) is 9.88 Å². The number of aromatic nitrogens is 1. The highest BCUT2D eigenvalue weighted by Gasteiger charge is 2.32. The molecule has 1 aromatic carbocycles. The van der Waals surface area contributed by atoms with Gasteiger partial charge < -0.3 is 9.88 Å². The topological polar surface area (TPSA) is 36.1 Å². The average molecular weight is 317 g/mol. The summed E-state index contributed by atoms with van der Waals surface area (Å²) in [6.45, 7) is 8.74. The van der Waals surface area contributed by atoms with Crippen molar-refractivity contribution in [3.63, 3.8) is 0 Å². The van der Waals surface area contributed by atoms with Gasteiger partial charge >= 0.3 is 0 Å². The molecule has 1 unspecified atom stereocenters. The van der Waals surface area contributed by atoms with Crippen LogP contribution in [0, 0.1) is 5.92 Å². The smallest absolute Gasteiger partial charge is 0.246 e. The highest BCUT2D eigenvalue weighted by Crippen LogP contribution is 2.38. The van der Waals surface area contributed by atoms with Gasteiger partial charge in [-0.2, -0.15) is 0 Å². The molecule has 1 N–H and O–H groups in total. The molecule has 0 spiro atoms. The first-order chi connectivity index (χ1) is 10.5. The summed E-state index contributed by atoms with van der Waals surface area (Å²) in [5.41, 5.74) is 3.56. The molecule has 1 atom stereocenters. The second kappa shape index (κ2) is 5.81. The molecule has 0 radical (unpaired) electrons. The van der Waals surface area contributed by atoms with Crippen LogP contribution in [-0.4, -0.2) is 22.3 Å². The summed E-state index contributed by atoms with van der Waals surface area (Å²) in [4.78, 5) is 17.7. The Balaban J connectivity index is 2.12. The largest absolute Gasteiger partial charge is 0.356 e. The normalized spacial score (nSPS) is 17.8. The molecule has 0 aliphatic carbocycles. The van der Waals surface area contributed by atoms with Crippen LogP contribution in [0.3, 0.4) is 0 Å². The number of aromatic amines is 1. The Labute approximate surface area is 136 Å². The molecule has 0 saturated carbocycles. The summed E-state index contributed by atoms with van der Waals surface area (Å²) in [5, 5.41) is 1.93. The van der Waals surface area contributed by atoms with Crippen molar-refractivity contribution in [2.45, 2.75) is 32.7 Å². The zero-order valence-electron chi connectivity index (χ0n) is 13.0. The predicted octanol–water partition coefficient (Wildman–Crippen LogP) is 4.48. The minimum absolute atomic E-state index is 0.00740. The molecule has 0 fully saturated rings. The van der Waals surface area contributed by atoms with Crippen LogP contribution >= 0.6 is 11.6 Å². The lowest BCUT2D eigenvalue weighted by molar-refractivity contribution is -0.129. The Morgan fingerprint density at radius 1 is 1.55 bits per heavy atom. The molecule has 1 aliphatic heterocycles. The molecule has 0 saturated heterocycles. The maximum atomic E-state index is 12.2. The minimum Gasteiger partial charge on any atom is -0.356 e. The molecule has 1 aliphatic rings. The fourth-order valence-electron chi connectivity index (χ4n) is 3.41. The maximum Gasteiger partial charge on any atom is 0.246 e. The number of H-pyrrole nitrogens is 1. The van der Waals surface area contributed by atoms with Crippen molar-refractivity contribution >= 4 is 28.4 Å². The Morgan fingerprint density at radius 2 is 2.32 bits per heavy atom. The third-order valence-corrected chi connectivity index (χ3v) is 4.60. The Hall–Kier alpha value is -1.74. The number of nitrogens with zero attached hydrogens (tertiary/aromatic N) is 1. The zero-order chi connectivity index (χ0) is 15.9. The molecule has 22 heavy (non-hydrogen) atoms. The highest BCUT2D eigenvalue weighted by atomic mass is 35.5. The summed E-state index contributed by atoms with van der Waals surface area (Å²) >= 11 is 6.15. The van der Waals surface area contributed by atoms with E-state index in [9.17, 15) is 4.79 Å². The number of benzene rings is 1. The van der Waals surface area contributed by atoms with Gasteiger partial charge in [0.1, 0.15) is 0 Å². The van der Waals surface area contributed by atoms with Crippen LogP contribution in [0.2, 0.25) is 5.02 Å². The number of hydrogen-bond donors (Lipinski definition) is 1. The summed E-state index contributed by atoms with van der Waals surface area (Å²) in [6, 6.07) is 6.02. The van der Waals surface area contributed by atoms with Gasteiger partial charge in [-0.1, -0.05) is 32.0 Å². The van der Waals surface area contributed by atoms with Crippen LogP contribution in [0.5, 0.6) is 0 Å². The number of halogens is 1. The highest BCUT2D eigenvalue weighted by molar-refractivity contribution is 6.31. The van der Waals surface area contributed by atoms with Crippen molar-refractivity contribution in [3.05, 3.63) is 47.1 Å². The molecule has 2 heterocycles. The quantitative estimate of drug-likeness (QED) is 0.833. The van der Waals surface area contributed by atoms with E-state index in [1.54, 1.807) is 0 Å². The summed E-state index contributed by atoms with van der Waals surface area (Å²) in [6.07, 6.45) is 3.20. The summed E-state index contributed by atoms with van der Waals surface area (Å²) in [5.74, 6) is 0.513. The van der Waals surface area contributed by atoms with Gasteiger partial charge in [-0.25, -0.2) is 0 Å². The lowest BCUT2D eigenvalue weighted by Gasteiger charge is -2.36. The number of nitrogens with one attached hydrogen (secondary N) is 1. The number of fused-ring (bicyclic) bond motifs is 3. The molecule has 4 heteroatoms. The van der Waals surface area contributed by atoms with Gasteiger partial charge in [0.2, 0.25) is 5.91 Å². The second-order valence-corrected chi connectivity index (χ2v) is 6.77. The van der Waals surface area contributed by atoms with Crippen molar-refractivity contribution in [3.8, 4) is 0 Å². The van der Waals surface area contributed by atoms with Gasteiger partial charge in [0, 0.05) is 28.2 Å².